The van der Waals surface area contributed by atoms with E-state index in [-0.39, 0.29) is 0 Å². The van der Waals surface area contributed by atoms with Gasteiger partial charge in [-0.15, -0.1) is 5.10 Å². The summed E-state index contributed by atoms with van der Waals surface area (Å²) in [5.74, 6) is 0.605. The molecule has 1 aromatic heterocycles. The molecule has 0 unspecified atom stereocenters. The van der Waals surface area contributed by atoms with Crippen molar-refractivity contribution in [1.29, 1.82) is 0 Å². The molecule has 8 heteroatoms. The van der Waals surface area contributed by atoms with Crippen molar-refractivity contribution in [1.82, 2.24) is 20.2 Å². The molecule has 0 atom stereocenters. The first kappa shape index (κ1) is 14.7. The van der Waals surface area contributed by atoms with Crippen molar-refractivity contribution in [2.45, 2.75) is 0 Å². The van der Waals surface area contributed by atoms with Gasteiger partial charge in [-0.25, -0.2) is 0 Å². The third-order valence-corrected chi connectivity index (χ3v) is 4.69. The first-order valence-electron chi connectivity index (χ1n) is 5.85. The SMILES string of the molecule is Nc1ccc(Br)c(-c2nnnn2-c2cc(Br)ccc2Br)c1. The summed E-state index contributed by atoms with van der Waals surface area (Å²) in [5.41, 5.74) is 8.17. The third kappa shape index (κ3) is 2.88. The van der Waals surface area contributed by atoms with E-state index in [2.05, 4.69) is 63.3 Å². The molecule has 2 N–H and O–H groups in total. The van der Waals surface area contributed by atoms with Gasteiger partial charge in [-0.2, -0.15) is 4.68 Å². The van der Waals surface area contributed by atoms with Gasteiger partial charge in [0.05, 0.1) is 5.69 Å². The third-order valence-electron chi connectivity index (χ3n) is 2.84. The van der Waals surface area contributed by atoms with E-state index < -0.39 is 0 Å². The van der Waals surface area contributed by atoms with Gasteiger partial charge in [0, 0.05) is 24.7 Å². The van der Waals surface area contributed by atoms with E-state index in [4.69, 9.17) is 5.73 Å². The second-order valence-corrected chi connectivity index (χ2v) is 6.87. The fraction of sp³-hybridized carbons (Fsp3) is 0. The van der Waals surface area contributed by atoms with E-state index in [0.717, 1.165) is 24.7 Å². The summed E-state index contributed by atoms with van der Waals surface area (Å²) in [4.78, 5) is 0. The quantitative estimate of drug-likeness (QED) is 0.566. The minimum absolute atomic E-state index is 0.605. The molecule has 106 valence electrons. The zero-order valence-electron chi connectivity index (χ0n) is 10.5. The van der Waals surface area contributed by atoms with Gasteiger partial charge in [0.15, 0.2) is 5.82 Å². The number of hydrogen-bond acceptors (Lipinski definition) is 4. The Morgan fingerprint density at radius 3 is 2.52 bits per heavy atom. The van der Waals surface area contributed by atoms with Crippen molar-refractivity contribution in [2.75, 3.05) is 5.73 Å². The first-order chi connectivity index (χ1) is 10.1. The minimum Gasteiger partial charge on any atom is -0.399 e. The van der Waals surface area contributed by atoms with Crippen molar-refractivity contribution in [2.24, 2.45) is 0 Å². The predicted octanol–water partition coefficient (Wildman–Crippen LogP) is 4.20. The second-order valence-electron chi connectivity index (χ2n) is 4.25. The zero-order valence-corrected chi connectivity index (χ0v) is 15.2. The Hall–Kier alpha value is -1.25. The number of rotatable bonds is 2. The zero-order chi connectivity index (χ0) is 15.0. The van der Waals surface area contributed by atoms with Gasteiger partial charge in [0.2, 0.25) is 0 Å². The number of nitrogens with two attached hydrogens (primary N) is 1. The molecule has 1 heterocycles. The van der Waals surface area contributed by atoms with E-state index in [1.165, 1.54) is 0 Å². The lowest BCUT2D eigenvalue weighted by molar-refractivity contribution is 0.788. The summed E-state index contributed by atoms with van der Waals surface area (Å²) in [7, 11) is 0. The molecule has 0 saturated carbocycles. The van der Waals surface area contributed by atoms with Gasteiger partial charge in [-0.1, -0.05) is 31.9 Å². The van der Waals surface area contributed by atoms with Gasteiger partial charge in [-0.05, 0) is 62.8 Å². The summed E-state index contributed by atoms with van der Waals surface area (Å²) in [6.07, 6.45) is 0. The van der Waals surface area contributed by atoms with Crippen molar-refractivity contribution < 1.29 is 0 Å². The van der Waals surface area contributed by atoms with Crippen LogP contribution in [0.5, 0.6) is 0 Å². The van der Waals surface area contributed by atoms with Crippen molar-refractivity contribution in [3.05, 3.63) is 49.8 Å². The molecular weight excluding hydrogens is 466 g/mol. The normalized spacial score (nSPS) is 10.8. The standard InChI is InChI=1S/C13H8Br3N5/c14-7-1-3-11(16)12(5-7)21-13(18-19-20-21)9-6-8(17)2-4-10(9)15/h1-6H,17H2. The van der Waals surface area contributed by atoms with E-state index >= 15 is 0 Å². The molecule has 3 rings (SSSR count). The Balaban J connectivity index is 2.22. The maximum atomic E-state index is 5.86. The van der Waals surface area contributed by atoms with E-state index in [1.807, 2.05) is 36.4 Å². The number of nitrogens with zero attached hydrogens (tertiary/aromatic N) is 4. The van der Waals surface area contributed by atoms with Crippen LogP contribution in [0, 0.1) is 0 Å². The van der Waals surface area contributed by atoms with Crippen LogP contribution in [-0.4, -0.2) is 20.2 Å². The van der Waals surface area contributed by atoms with Crippen LogP contribution in [0.2, 0.25) is 0 Å². The molecule has 2 aromatic carbocycles. The molecule has 21 heavy (non-hydrogen) atoms. The van der Waals surface area contributed by atoms with Crippen molar-refractivity contribution >= 4 is 53.5 Å². The smallest absolute Gasteiger partial charge is 0.188 e. The summed E-state index contributed by atoms with van der Waals surface area (Å²) in [5, 5.41) is 12.0. The molecule has 5 nitrogen and oxygen atoms in total. The van der Waals surface area contributed by atoms with Gasteiger partial charge < -0.3 is 5.73 Å². The Kier molecular flexibility index (Phi) is 4.10. The molecule has 0 amide bonds. The highest BCUT2D eigenvalue weighted by Crippen LogP contribution is 2.32. The second kappa shape index (κ2) is 5.86. The maximum absolute atomic E-state index is 5.86. The van der Waals surface area contributed by atoms with Crippen LogP contribution in [0.3, 0.4) is 0 Å². The summed E-state index contributed by atoms with van der Waals surface area (Å²) in [6, 6.07) is 11.3. The number of hydrogen-bond donors (Lipinski definition) is 1. The average Bonchev–Trinajstić information content (AvgIpc) is 2.93. The first-order valence-corrected chi connectivity index (χ1v) is 8.23. The molecule has 0 radical (unpaired) electrons. The minimum atomic E-state index is 0.605. The topological polar surface area (TPSA) is 69.6 Å². The Bertz CT molecular complexity index is 749. The Morgan fingerprint density at radius 1 is 0.952 bits per heavy atom. The molecule has 0 aliphatic carbocycles. The van der Waals surface area contributed by atoms with Crippen LogP contribution in [0.15, 0.2) is 49.8 Å². The number of aromatic nitrogens is 4. The lowest BCUT2D eigenvalue weighted by Gasteiger charge is -2.09. The maximum Gasteiger partial charge on any atom is 0.188 e. The lowest BCUT2D eigenvalue weighted by atomic mass is 10.2. The number of tetrazole rings is 1. The van der Waals surface area contributed by atoms with Crippen LogP contribution >= 0.6 is 47.8 Å². The highest BCUT2D eigenvalue weighted by atomic mass is 79.9. The number of nitrogen functional groups attached to an aromatic ring is 1. The molecule has 0 saturated heterocycles. The van der Waals surface area contributed by atoms with Crippen molar-refractivity contribution in [3.63, 3.8) is 0 Å². The fourth-order valence-corrected chi connectivity index (χ4v) is 3.07. The molecular formula is C13H8Br3N5. The Morgan fingerprint density at radius 2 is 1.71 bits per heavy atom. The number of benzene rings is 2. The van der Waals surface area contributed by atoms with Crippen LogP contribution in [0.1, 0.15) is 0 Å². The summed E-state index contributed by atoms with van der Waals surface area (Å²) >= 11 is 10.5. The lowest BCUT2D eigenvalue weighted by Crippen LogP contribution is -2.02. The van der Waals surface area contributed by atoms with Gasteiger partial charge >= 0.3 is 0 Å². The van der Waals surface area contributed by atoms with Gasteiger partial charge in [-0.3, -0.25) is 0 Å². The molecule has 0 bridgehead atoms. The van der Waals surface area contributed by atoms with Crippen LogP contribution < -0.4 is 5.73 Å². The average molecular weight is 474 g/mol. The number of halogens is 3. The highest BCUT2D eigenvalue weighted by Gasteiger charge is 2.16. The number of anilines is 1. The fourth-order valence-electron chi connectivity index (χ4n) is 1.88. The summed E-state index contributed by atoms with van der Waals surface area (Å²) < 4.78 is 4.36. The van der Waals surface area contributed by atoms with Crippen LogP contribution in [0.4, 0.5) is 5.69 Å². The molecule has 3 aromatic rings. The van der Waals surface area contributed by atoms with Crippen LogP contribution in [0.25, 0.3) is 17.1 Å². The van der Waals surface area contributed by atoms with E-state index in [1.54, 1.807) is 4.68 Å². The molecule has 0 fully saturated rings. The van der Waals surface area contributed by atoms with Crippen molar-refractivity contribution in [3.8, 4) is 17.1 Å². The van der Waals surface area contributed by atoms with Gasteiger partial charge in [0.25, 0.3) is 0 Å². The van der Waals surface area contributed by atoms with Crippen LogP contribution in [-0.2, 0) is 0 Å². The Labute approximate surface area is 145 Å². The molecule has 0 spiro atoms. The summed E-state index contributed by atoms with van der Waals surface area (Å²) in [6.45, 7) is 0. The highest BCUT2D eigenvalue weighted by molar-refractivity contribution is 9.11. The van der Waals surface area contributed by atoms with E-state index in [0.29, 0.717) is 11.5 Å². The molecule has 0 aliphatic heterocycles. The molecule has 0 aliphatic rings. The monoisotopic (exact) mass is 471 g/mol. The predicted molar refractivity (Wildman–Crippen MR) is 92.1 cm³/mol. The van der Waals surface area contributed by atoms with E-state index in [9.17, 15) is 0 Å². The van der Waals surface area contributed by atoms with Gasteiger partial charge in [0.1, 0.15) is 0 Å². The largest absolute Gasteiger partial charge is 0.399 e.